The van der Waals surface area contributed by atoms with Crippen LogP contribution in [0.4, 0.5) is 0 Å². The number of thiazole rings is 1. The van der Waals surface area contributed by atoms with E-state index < -0.39 is 0 Å². The fourth-order valence-electron chi connectivity index (χ4n) is 1.43. The van der Waals surface area contributed by atoms with Gasteiger partial charge in [-0.1, -0.05) is 24.3 Å². The van der Waals surface area contributed by atoms with Crippen molar-refractivity contribution in [2.45, 2.75) is 13.8 Å². The summed E-state index contributed by atoms with van der Waals surface area (Å²) in [7, 11) is 0. The van der Waals surface area contributed by atoms with Gasteiger partial charge in [-0.05, 0) is 19.4 Å². The van der Waals surface area contributed by atoms with Crippen LogP contribution in [0.25, 0.3) is 0 Å². The highest BCUT2D eigenvalue weighted by molar-refractivity contribution is 7.13. The Labute approximate surface area is 92.6 Å². The summed E-state index contributed by atoms with van der Waals surface area (Å²) < 4.78 is 0. The van der Waals surface area contributed by atoms with Gasteiger partial charge in [-0.3, -0.25) is 4.79 Å². The lowest BCUT2D eigenvalue weighted by Crippen LogP contribution is -2.00. The second-order valence-electron chi connectivity index (χ2n) is 3.39. The predicted octanol–water partition coefficient (Wildman–Crippen LogP) is 2.99. The second kappa shape index (κ2) is 3.95. The molecule has 0 aliphatic heterocycles. The number of carbonyl (C=O) groups excluding carboxylic acids is 1. The van der Waals surface area contributed by atoms with E-state index >= 15 is 0 Å². The van der Waals surface area contributed by atoms with Crippen LogP contribution in [0.15, 0.2) is 30.5 Å². The number of aromatic nitrogens is 1. The average molecular weight is 217 g/mol. The van der Waals surface area contributed by atoms with Crippen molar-refractivity contribution in [2.75, 3.05) is 0 Å². The van der Waals surface area contributed by atoms with Gasteiger partial charge in [0, 0.05) is 11.8 Å². The van der Waals surface area contributed by atoms with Gasteiger partial charge < -0.3 is 0 Å². The van der Waals surface area contributed by atoms with Crippen LogP contribution in [-0.4, -0.2) is 10.8 Å². The Morgan fingerprint density at radius 3 is 2.60 bits per heavy atom. The molecule has 0 spiro atoms. The van der Waals surface area contributed by atoms with E-state index in [1.807, 2.05) is 38.1 Å². The van der Waals surface area contributed by atoms with E-state index in [1.54, 1.807) is 6.20 Å². The standard InChI is InChI=1S/C12H11NOS/c1-8-5-3-4-6-10(8)12(14)11-7-13-9(2)15-11/h3-7H,1-2H3. The van der Waals surface area contributed by atoms with Crippen molar-refractivity contribution in [3.8, 4) is 0 Å². The molecule has 0 aliphatic rings. The third kappa shape index (κ3) is 1.97. The molecule has 0 radical (unpaired) electrons. The summed E-state index contributed by atoms with van der Waals surface area (Å²) in [6, 6.07) is 7.62. The van der Waals surface area contributed by atoms with Crippen LogP contribution in [-0.2, 0) is 0 Å². The highest BCUT2D eigenvalue weighted by Gasteiger charge is 2.13. The first-order valence-electron chi connectivity index (χ1n) is 4.71. The molecule has 15 heavy (non-hydrogen) atoms. The zero-order chi connectivity index (χ0) is 10.8. The number of hydrogen-bond acceptors (Lipinski definition) is 3. The van der Waals surface area contributed by atoms with Crippen molar-refractivity contribution in [3.63, 3.8) is 0 Å². The van der Waals surface area contributed by atoms with Gasteiger partial charge in [-0.2, -0.15) is 0 Å². The number of benzene rings is 1. The summed E-state index contributed by atoms with van der Waals surface area (Å²) in [5, 5.41) is 0.923. The quantitative estimate of drug-likeness (QED) is 0.724. The minimum absolute atomic E-state index is 0.0682. The molecule has 1 heterocycles. The Balaban J connectivity index is 2.41. The Hall–Kier alpha value is -1.48. The van der Waals surface area contributed by atoms with Crippen molar-refractivity contribution >= 4 is 17.1 Å². The topological polar surface area (TPSA) is 30.0 Å². The van der Waals surface area contributed by atoms with Crippen LogP contribution in [0.5, 0.6) is 0 Å². The Kier molecular flexibility index (Phi) is 2.64. The SMILES string of the molecule is Cc1ncc(C(=O)c2ccccc2C)s1. The molecule has 0 aliphatic carbocycles. The predicted molar refractivity (Wildman–Crippen MR) is 61.5 cm³/mol. The summed E-state index contributed by atoms with van der Waals surface area (Å²) in [4.78, 5) is 16.9. The third-order valence-corrected chi connectivity index (χ3v) is 3.15. The van der Waals surface area contributed by atoms with E-state index in [-0.39, 0.29) is 5.78 Å². The van der Waals surface area contributed by atoms with Crippen LogP contribution in [0, 0.1) is 13.8 Å². The first-order valence-corrected chi connectivity index (χ1v) is 5.53. The van der Waals surface area contributed by atoms with Gasteiger partial charge in [0.15, 0.2) is 0 Å². The molecule has 2 nitrogen and oxygen atoms in total. The van der Waals surface area contributed by atoms with Crippen LogP contribution in [0.3, 0.4) is 0 Å². The van der Waals surface area contributed by atoms with Gasteiger partial charge in [0.05, 0.1) is 9.88 Å². The average Bonchev–Trinajstić information content (AvgIpc) is 2.65. The molecule has 1 aromatic heterocycles. The van der Waals surface area contributed by atoms with Gasteiger partial charge in [-0.15, -0.1) is 11.3 Å². The lowest BCUT2D eigenvalue weighted by Gasteiger charge is -2.01. The molecule has 3 heteroatoms. The van der Waals surface area contributed by atoms with E-state index in [2.05, 4.69) is 4.98 Å². The molecule has 0 saturated heterocycles. The minimum Gasteiger partial charge on any atom is -0.288 e. The van der Waals surface area contributed by atoms with Crippen LogP contribution >= 0.6 is 11.3 Å². The molecule has 2 rings (SSSR count). The Morgan fingerprint density at radius 2 is 2.00 bits per heavy atom. The zero-order valence-electron chi connectivity index (χ0n) is 8.65. The largest absolute Gasteiger partial charge is 0.288 e. The molecule has 0 unspecified atom stereocenters. The number of aryl methyl sites for hydroxylation is 2. The molecule has 0 N–H and O–H groups in total. The monoisotopic (exact) mass is 217 g/mol. The minimum atomic E-state index is 0.0682. The number of ketones is 1. The fourth-order valence-corrected chi connectivity index (χ4v) is 2.16. The van der Waals surface area contributed by atoms with E-state index in [9.17, 15) is 4.79 Å². The molecular weight excluding hydrogens is 206 g/mol. The fraction of sp³-hybridized carbons (Fsp3) is 0.167. The maximum Gasteiger partial charge on any atom is 0.204 e. The van der Waals surface area contributed by atoms with Gasteiger partial charge in [0.2, 0.25) is 5.78 Å². The van der Waals surface area contributed by atoms with Crippen LogP contribution in [0.1, 0.15) is 25.8 Å². The van der Waals surface area contributed by atoms with E-state index in [0.29, 0.717) is 4.88 Å². The van der Waals surface area contributed by atoms with E-state index in [1.165, 1.54) is 11.3 Å². The molecule has 0 atom stereocenters. The Morgan fingerprint density at radius 1 is 1.27 bits per heavy atom. The first kappa shape index (κ1) is 10.1. The van der Waals surface area contributed by atoms with Crippen LogP contribution < -0.4 is 0 Å². The van der Waals surface area contributed by atoms with Gasteiger partial charge in [-0.25, -0.2) is 4.98 Å². The van der Waals surface area contributed by atoms with Crippen molar-refractivity contribution in [1.82, 2.24) is 4.98 Å². The van der Waals surface area contributed by atoms with Crippen molar-refractivity contribution in [1.29, 1.82) is 0 Å². The van der Waals surface area contributed by atoms with Crippen LogP contribution in [0.2, 0.25) is 0 Å². The summed E-state index contributed by atoms with van der Waals surface area (Å²) in [6.45, 7) is 3.85. The third-order valence-electron chi connectivity index (χ3n) is 2.23. The Bertz CT molecular complexity index is 502. The molecule has 0 saturated carbocycles. The summed E-state index contributed by atoms with van der Waals surface area (Å²) in [6.07, 6.45) is 1.65. The van der Waals surface area contributed by atoms with Crippen molar-refractivity contribution in [2.24, 2.45) is 0 Å². The van der Waals surface area contributed by atoms with E-state index in [4.69, 9.17) is 0 Å². The molecular formula is C12H11NOS. The molecule has 2 aromatic rings. The molecule has 0 amide bonds. The maximum atomic E-state index is 12.1. The number of carbonyl (C=O) groups is 1. The maximum absolute atomic E-state index is 12.1. The smallest absolute Gasteiger partial charge is 0.204 e. The van der Waals surface area contributed by atoms with Gasteiger partial charge >= 0.3 is 0 Å². The van der Waals surface area contributed by atoms with Gasteiger partial charge in [0.1, 0.15) is 0 Å². The summed E-state index contributed by atoms with van der Waals surface area (Å²) >= 11 is 1.44. The number of hydrogen-bond donors (Lipinski definition) is 0. The highest BCUT2D eigenvalue weighted by atomic mass is 32.1. The highest BCUT2D eigenvalue weighted by Crippen LogP contribution is 2.18. The number of rotatable bonds is 2. The summed E-state index contributed by atoms with van der Waals surface area (Å²) in [5.41, 5.74) is 1.77. The molecule has 0 bridgehead atoms. The molecule has 76 valence electrons. The van der Waals surface area contributed by atoms with Gasteiger partial charge in [0.25, 0.3) is 0 Å². The second-order valence-corrected chi connectivity index (χ2v) is 4.62. The van der Waals surface area contributed by atoms with Crippen molar-refractivity contribution < 1.29 is 4.79 Å². The number of nitrogens with zero attached hydrogens (tertiary/aromatic N) is 1. The normalized spacial score (nSPS) is 10.3. The van der Waals surface area contributed by atoms with E-state index in [0.717, 1.165) is 16.1 Å². The lowest BCUT2D eigenvalue weighted by molar-refractivity contribution is 0.104. The first-order chi connectivity index (χ1) is 7.18. The zero-order valence-corrected chi connectivity index (χ0v) is 9.47. The molecule has 1 aromatic carbocycles. The summed E-state index contributed by atoms with van der Waals surface area (Å²) in [5.74, 6) is 0.0682. The molecule has 0 fully saturated rings. The van der Waals surface area contributed by atoms with Crippen molar-refractivity contribution in [3.05, 3.63) is 51.5 Å². The lowest BCUT2D eigenvalue weighted by atomic mass is 10.0.